The van der Waals surface area contributed by atoms with E-state index in [0.29, 0.717) is 6.61 Å². The van der Waals surface area contributed by atoms with Gasteiger partial charge in [0.15, 0.2) is 0 Å². The van der Waals surface area contributed by atoms with Crippen molar-refractivity contribution in [1.82, 2.24) is 10.2 Å². The Balaban J connectivity index is 4.17. The summed E-state index contributed by atoms with van der Waals surface area (Å²) >= 11 is 0. The van der Waals surface area contributed by atoms with Crippen molar-refractivity contribution in [1.29, 1.82) is 0 Å². The first-order valence-electron chi connectivity index (χ1n) is 7.68. The van der Waals surface area contributed by atoms with E-state index in [1.165, 1.54) is 0 Å². The third-order valence-electron chi connectivity index (χ3n) is 3.59. The molecule has 0 aromatic rings. The molecule has 0 aromatic heterocycles. The number of unbranched alkanes of at least 4 members (excludes halogenated alkanes) is 1. The lowest BCUT2D eigenvalue weighted by Gasteiger charge is -2.28. The van der Waals surface area contributed by atoms with Crippen LogP contribution in [0.3, 0.4) is 0 Å². The van der Waals surface area contributed by atoms with Gasteiger partial charge < -0.3 is 15.0 Å². The maximum atomic E-state index is 12.0. The molecule has 0 bridgehead atoms. The Hall–Kier alpha value is -0.610. The molecule has 1 N–H and O–H groups in total. The fourth-order valence-electron chi connectivity index (χ4n) is 2.30. The molecule has 0 aliphatic rings. The number of likely N-dealkylation sites (N-methyl/N-ethyl adjacent to an activating group) is 1. The molecule has 0 radical (unpaired) electrons. The summed E-state index contributed by atoms with van der Waals surface area (Å²) in [5.41, 5.74) is -0.534. The van der Waals surface area contributed by atoms with Crippen molar-refractivity contribution in [2.24, 2.45) is 0 Å². The summed E-state index contributed by atoms with van der Waals surface area (Å²) in [5.74, 6) is -0.125. The van der Waals surface area contributed by atoms with Crippen LogP contribution >= 0.6 is 0 Å². The zero-order valence-corrected chi connectivity index (χ0v) is 13.4. The molecule has 19 heavy (non-hydrogen) atoms. The summed E-state index contributed by atoms with van der Waals surface area (Å²) in [7, 11) is 0. The molecular weight excluding hydrogens is 240 g/mol. The van der Waals surface area contributed by atoms with Gasteiger partial charge in [-0.25, -0.2) is 0 Å². The van der Waals surface area contributed by atoms with E-state index in [0.717, 1.165) is 45.4 Å². The molecule has 0 saturated carbocycles. The van der Waals surface area contributed by atoms with E-state index in [1.807, 2.05) is 20.8 Å². The van der Waals surface area contributed by atoms with E-state index in [2.05, 4.69) is 24.1 Å². The predicted octanol–water partition coefficient (Wildman–Crippen LogP) is 2.43. The number of carbonyl (C=O) groups excluding carboxylic acids is 1. The van der Waals surface area contributed by atoms with Crippen LogP contribution in [0.1, 0.15) is 53.9 Å². The fraction of sp³-hybridized carbons (Fsp3) is 0.933. The van der Waals surface area contributed by atoms with Crippen LogP contribution in [0.15, 0.2) is 0 Å². The molecule has 0 saturated heterocycles. The van der Waals surface area contributed by atoms with E-state index in [9.17, 15) is 4.79 Å². The van der Waals surface area contributed by atoms with Crippen molar-refractivity contribution in [3.8, 4) is 0 Å². The van der Waals surface area contributed by atoms with E-state index in [1.54, 1.807) is 0 Å². The lowest BCUT2D eigenvalue weighted by atomic mass is 9.94. The second kappa shape index (κ2) is 10.2. The summed E-state index contributed by atoms with van der Waals surface area (Å²) in [4.78, 5) is 14.4. The maximum absolute atomic E-state index is 12.0. The van der Waals surface area contributed by atoms with Gasteiger partial charge in [-0.15, -0.1) is 0 Å². The lowest BCUT2D eigenvalue weighted by Crippen LogP contribution is -2.50. The lowest BCUT2D eigenvalue weighted by molar-refractivity contribution is -0.150. The number of nitrogens with one attached hydrogen (secondary N) is 1. The largest absolute Gasteiger partial charge is 0.465 e. The molecule has 0 rings (SSSR count). The van der Waals surface area contributed by atoms with Gasteiger partial charge in [-0.3, -0.25) is 4.79 Å². The summed E-state index contributed by atoms with van der Waals surface area (Å²) in [6.45, 7) is 14.7. The molecule has 0 aromatic carbocycles. The Morgan fingerprint density at radius 1 is 1.16 bits per heavy atom. The second-order valence-corrected chi connectivity index (χ2v) is 5.07. The van der Waals surface area contributed by atoms with E-state index in [4.69, 9.17) is 4.74 Å². The molecule has 0 heterocycles. The van der Waals surface area contributed by atoms with Crippen LogP contribution in [0.4, 0.5) is 0 Å². The Morgan fingerprint density at radius 2 is 1.79 bits per heavy atom. The normalized spacial score (nSPS) is 14.4. The summed E-state index contributed by atoms with van der Waals surface area (Å²) in [6.07, 6.45) is 3.00. The molecular formula is C15H32N2O2. The van der Waals surface area contributed by atoms with Crippen molar-refractivity contribution in [3.05, 3.63) is 0 Å². The van der Waals surface area contributed by atoms with Crippen molar-refractivity contribution in [2.45, 2.75) is 59.4 Å². The molecule has 0 aliphatic heterocycles. The molecule has 0 aliphatic carbocycles. The summed E-state index contributed by atoms with van der Waals surface area (Å²) in [5, 5.41) is 3.27. The van der Waals surface area contributed by atoms with Gasteiger partial charge in [-0.05, 0) is 59.3 Å². The molecule has 4 nitrogen and oxygen atoms in total. The van der Waals surface area contributed by atoms with E-state index in [-0.39, 0.29) is 5.97 Å². The van der Waals surface area contributed by atoms with Crippen LogP contribution in [0.2, 0.25) is 0 Å². The van der Waals surface area contributed by atoms with Crippen molar-refractivity contribution < 1.29 is 9.53 Å². The minimum absolute atomic E-state index is 0.125. The number of hydrogen-bond acceptors (Lipinski definition) is 4. The Bertz CT molecular complexity index is 242. The zero-order chi connectivity index (χ0) is 14.7. The first kappa shape index (κ1) is 18.4. The van der Waals surface area contributed by atoms with Crippen LogP contribution in [0.5, 0.6) is 0 Å². The van der Waals surface area contributed by atoms with Gasteiger partial charge in [0.2, 0.25) is 0 Å². The van der Waals surface area contributed by atoms with Crippen molar-refractivity contribution >= 4 is 5.97 Å². The van der Waals surface area contributed by atoms with Crippen LogP contribution in [-0.4, -0.2) is 49.2 Å². The molecule has 1 atom stereocenters. The molecule has 4 heteroatoms. The Morgan fingerprint density at radius 3 is 2.26 bits per heavy atom. The highest BCUT2D eigenvalue weighted by Gasteiger charge is 2.32. The van der Waals surface area contributed by atoms with Crippen LogP contribution in [0.25, 0.3) is 0 Å². The highest BCUT2D eigenvalue weighted by molar-refractivity contribution is 5.80. The van der Waals surface area contributed by atoms with Crippen LogP contribution in [0, 0.1) is 0 Å². The average Bonchev–Trinajstić information content (AvgIpc) is 2.39. The van der Waals surface area contributed by atoms with E-state index >= 15 is 0 Å². The Kier molecular flexibility index (Phi) is 9.88. The minimum atomic E-state index is -0.534. The molecule has 1 unspecified atom stereocenters. The number of ether oxygens (including phenoxy) is 1. The van der Waals surface area contributed by atoms with Gasteiger partial charge in [0, 0.05) is 0 Å². The summed E-state index contributed by atoms with van der Waals surface area (Å²) < 4.78 is 5.17. The minimum Gasteiger partial charge on any atom is -0.465 e. The molecule has 0 spiro atoms. The second-order valence-electron chi connectivity index (χ2n) is 5.07. The van der Waals surface area contributed by atoms with Crippen molar-refractivity contribution in [3.63, 3.8) is 0 Å². The van der Waals surface area contributed by atoms with Gasteiger partial charge in [-0.2, -0.15) is 0 Å². The van der Waals surface area contributed by atoms with E-state index < -0.39 is 5.54 Å². The average molecular weight is 272 g/mol. The highest BCUT2D eigenvalue weighted by atomic mass is 16.5. The topological polar surface area (TPSA) is 41.6 Å². The van der Waals surface area contributed by atoms with Gasteiger partial charge in [0.25, 0.3) is 0 Å². The third-order valence-corrected chi connectivity index (χ3v) is 3.59. The van der Waals surface area contributed by atoms with Gasteiger partial charge in [-0.1, -0.05) is 20.8 Å². The smallest absolute Gasteiger partial charge is 0.326 e. The highest BCUT2D eigenvalue weighted by Crippen LogP contribution is 2.16. The third kappa shape index (κ3) is 6.92. The number of nitrogens with zero attached hydrogens (tertiary/aromatic N) is 1. The van der Waals surface area contributed by atoms with Crippen molar-refractivity contribution in [2.75, 3.05) is 32.8 Å². The monoisotopic (exact) mass is 272 g/mol. The van der Waals surface area contributed by atoms with Crippen LogP contribution in [-0.2, 0) is 9.53 Å². The summed E-state index contributed by atoms with van der Waals surface area (Å²) in [6, 6.07) is 0. The fourth-order valence-corrected chi connectivity index (χ4v) is 2.30. The molecule has 0 amide bonds. The van der Waals surface area contributed by atoms with Gasteiger partial charge in [0.05, 0.1) is 6.61 Å². The Labute approximate surface area is 118 Å². The van der Waals surface area contributed by atoms with Gasteiger partial charge in [0.1, 0.15) is 5.54 Å². The number of hydrogen-bond donors (Lipinski definition) is 1. The predicted molar refractivity (Wildman–Crippen MR) is 80.4 cm³/mol. The molecule has 0 fully saturated rings. The first-order valence-corrected chi connectivity index (χ1v) is 7.68. The van der Waals surface area contributed by atoms with Gasteiger partial charge >= 0.3 is 5.97 Å². The molecule has 114 valence electrons. The maximum Gasteiger partial charge on any atom is 0.326 e. The number of rotatable bonds is 11. The first-order chi connectivity index (χ1) is 9.03. The number of esters is 1. The SMILES string of the molecule is CCNC(C)(CCCCN(CC)CC)C(=O)OCC. The van der Waals surface area contributed by atoms with Crippen LogP contribution < -0.4 is 5.32 Å². The number of carbonyl (C=O) groups is 1. The standard InChI is InChI=1S/C15H32N2O2/c1-6-16-15(5,14(18)19-9-4)12-10-11-13-17(7-2)8-3/h16H,6-13H2,1-5H3. The zero-order valence-electron chi connectivity index (χ0n) is 13.4. The quantitative estimate of drug-likeness (QED) is 0.463.